The summed E-state index contributed by atoms with van der Waals surface area (Å²) in [5.74, 6) is 0. The molecule has 0 saturated carbocycles. The Labute approximate surface area is 102 Å². The lowest BCUT2D eigenvalue weighted by atomic mass is 10.2. The second-order valence-corrected chi connectivity index (χ2v) is 5.68. The molecule has 0 radical (unpaired) electrons. The van der Waals surface area contributed by atoms with Crippen molar-refractivity contribution >= 4 is 15.2 Å². The molecule has 2 aromatic carbocycles. The Morgan fingerprint density at radius 3 is 2.06 bits per heavy atom. The molecule has 2 aromatic rings. The maximum Gasteiger partial charge on any atom is 0.107 e. The molecule has 0 aliphatic rings. The summed E-state index contributed by atoms with van der Waals surface area (Å²) in [6, 6.07) is 18.4. The SMILES string of the molecule is O=S(O)(=CCc1ccccc1)c1ccccc1. The molecule has 1 unspecified atom stereocenters. The normalized spacial score (nSPS) is 13.9. The first-order chi connectivity index (χ1) is 8.18. The summed E-state index contributed by atoms with van der Waals surface area (Å²) in [7, 11) is -3.03. The summed E-state index contributed by atoms with van der Waals surface area (Å²) < 4.78 is 22.0. The molecule has 88 valence electrons. The summed E-state index contributed by atoms with van der Waals surface area (Å²) in [4.78, 5) is 0.455. The quantitative estimate of drug-likeness (QED) is 0.846. The van der Waals surface area contributed by atoms with Gasteiger partial charge in [-0.15, -0.1) is 0 Å². The Bertz CT molecular complexity index is 582. The van der Waals surface area contributed by atoms with Crippen LogP contribution in [0, 0.1) is 0 Å². The van der Waals surface area contributed by atoms with Gasteiger partial charge in [-0.05, 0) is 17.7 Å². The van der Waals surface area contributed by atoms with Crippen molar-refractivity contribution in [3.05, 3.63) is 66.2 Å². The highest BCUT2D eigenvalue weighted by atomic mass is 32.2. The van der Waals surface area contributed by atoms with Gasteiger partial charge in [0.25, 0.3) is 0 Å². The van der Waals surface area contributed by atoms with Crippen LogP contribution in [0.4, 0.5) is 0 Å². The van der Waals surface area contributed by atoms with Gasteiger partial charge in [0.15, 0.2) is 0 Å². The van der Waals surface area contributed by atoms with Gasteiger partial charge in [-0.3, -0.25) is 0 Å². The summed E-state index contributed by atoms with van der Waals surface area (Å²) >= 11 is 0. The van der Waals surface area contributed by atoms with Gasteiger partial charge in [-0.2, -0.15) is 0 Å². The van der Waals surface area contributed by atoms with E-state index in [2.05, 4.69) is 0 Å². The molecule has 2 rings (SSSR count). The average Bonchev–Trinajstić information content (AvgIpc) is 2.39. The lowest BCUT2D eigenvalue weighted by Crippen LogP contribution is -2.04. The van der Waals surface area contributed by atoms with Crippen molar-refractivity contribution in [3.63, 3.8) is 0 Å². The van der Waals surface area contributed by atoms with Gasteiger partial charge in [0, 0.05) is 11.8 Å². The van der Waals surface area contributed by atoms with Crippen molar-refractivity contribution in [1.29, 1.82) is 0 Å². The minimum Gasteiger partial charge on any atom is -0.310 e. The Kier molecular flexibility index (Phi) is 3.61. The van der Waals surface area contributed by atoms with E-state index in [1.54, 1.807) is 24.3 Å². The van der Waals surface area contributed by atoms with Crippen LogP contribution in [-0.2, 0) is 16.2 Å². The van der Waals surface area contributed by atoms with E-state index in [9.17, 15) is 8.76 Å². The molecule has 0 saturated heterocycles. The van der Waals surface area contributed by atoms with Crippen molar-refractivity contribution in [3.8, 4) is 0 Å². The topological polar surface area (TPSA) is 37.3 Å². The molecule has 0 bridgehead atoms. The van der Waals surface area contributed by atoms with Crippen molar-refractivity contribution in [2.45, 2.75) is 11.3 Å². The molecule has 1 atom stereocenters. The Balaban J connectivity index is 2.25. The zero-order valence-corrected chi connectivity index (χ0v) is 10.1. The second-order valence-electron chi connectivity index (χ2n) is 3.74. The molecule has 0 aliphatic heterocycles. The molecule has 2 nitrogen and oxygen atoms in total. The molecule has 1 N–H and O–H groups in total. The fraction of sp³-hybridized carbons (Fsp3) is 0.0714. The number of rotatable bonds is 3. The van der Waals surface area contributed by atoms with Crippen molar-refractivity contribution < 1.29 is 8.76 Å². The van der Waals surface area contributed by atoms with E-state index in [-0.39, 0.29) is 0 Å². The summed E-state index contributed by atoms with van der Waals surface area (Å²) in [5.41, 5.74) is 1.03. The van der Waals surface area contributed by atoms with Crippen LogP contribution >= 0.6 is 0 Å². The Morgan fingerprint density at radius 2 is 1.47 bits per heavy atom. The minimum absolute atomic E-state index is 0.455. The predicted octanol–water partition coefficient (Wildman–Crippen LogP) is 2.85. The first-order valence-electron chi connectivity index (χ1n) is 5.37. The standard InChI is InChI=1S/C14H14O2S/c15-17(16,14-9-5-2-6-10-14)12-11-13-7-3-1-4-8-13/h1-10,12H,11H2,(H,15,16). The van der Waals surface area contributed by atoms with Crippen LogP contribution in [0.2, 0.25) is 0 Å². The van der Waals surface area contributed by atoms with Gasteiger partial charge in [-0.25, -0.2) is 4.21 Å². The third kappa shape index (κ3) is 3.19. The van der Waals surface area contributed by atoms with E-state index in [1.165, 1.54) is 5.37 Å². The zero-order valence-electron chi connectivity index (χ0n) is 9.32. The smallest absolute Gasteiger partial charge is 0.107 e. The van der Waals surface area contributed by atoms with Crippen LogP contribution in [0.1, 0.15) is 5.56 Å². The Hall–Kier alpha value is -1.58. The fourth-order valence-corrected chi connectivity index (χ4v) is 2.69. The maximum absolute atomic E-state index is 12.1. The number of hydrogen-bond donors (Lipinski definition) is 1. The monoisotopic (exact) mass is 246 g/mol. The molecular formula is C14H14O2S. The van der Waals surface area contributed by atoms with Crippen LogP contribution in [-0.4, -0.2) is 14.1 Å². The van der Waals surface area contributed by atoms with Gasteiger partial charge < -0.3 is 4.55 Å². The zero-order chi connectivity index (χ0) is 12.1. The van der Waals surface area contributed by atoms with E-state index in [1.807, 2.05) is 36.4 Å². The van der Waals surface area contributed by atoms with E-state index in [0.717, 1.165) is 5.56 Å². The molecule has 0 fully saturated rings. The van der Waals surface area contributed by atoms with Gasteiger partial charge >= 0.3 is 0 Å². The van der Waals surface area contributed by atoms with Crippen LogP contribution < -0.4 is 0 Å². The van der Waals surface area contributed by atoms with Gasteiger partial charge in [0.1, 0.15) is 9.80 Å². The lowest BCUT2D eigenvalue weighted by molar-refractivity contribution is 0.559. The van der Waals surface area contributed by atoms with Gasteiger partial charge in [0.05, 0.1) is 4.90 Å². The van der Waals surface area contributed by atoms with Crippen LogP contribution in [0.3, 0.4) is 0 Å². The Morgan fingerprint density at radius 1 is 0.941 bits per heavy atom. The third-order valence-electron chi connectivity index (χ3n) is 2.47. The highest BCUT2D eigenvalue weighted by molar-refractivity contribution is 7.96. The minimum atomic E-state index is -3.03. The highest BCUT2D eigenvalue weighted by Crippen LogP contribution is 2.08. The molecule has 0 amide bonds. The maximum atomic E-state index is 12.1. The first-order valence-corrected chi connectivity index (χ1v) is 6.95. The van der Waals surface area contributed by atoms with E-state index in [0.29, 0.717) is 11.3 Å². The lowest BCUT2D eigenvalue weighted by Gasteiger charge is -2.03. The van der Waals surface area contributed by atoms with Crippen LogP contribution in [0.5, 0.6) is 0 Å². The summed E-state index contributed by atoms with van der Waals surface area (Å²) in [6.07, 6.45) is 0.491. The molecule has 0 heterocycles. The second kappa shape index (κ2) is 5.17. The molecular weight excluding hydrogens is 232 g/mol. The largest absolute Gasteiger partial charge is 0.310 e. The first kappa shape index (κ1) is 11.9. The van der Waals surface area contributed by atoms with Crippen LogP contribution in [0.25, 0.3) is 0 Å². The number of benzene rings is 2. The van der Waals surface area contributed by atoms with E-state index >= 15 is 0 Å². The summed E-state index contributed by atoms with van der Waals surface area (Å²) in [5, 5.41) is 1.47. The molecule has 0 spiro atoms. The average molecular weight is 246 g/mol. The predicted molar refractivity (Wildman–Crippen MR) is 71.7 cm³/mol. The summed E-state index contributed by atoms with van der Waals surface area (Å²) in [6.45, 7) is 0. The van der Waals surface area contributed by atoms with Gasteiger partial charge in [-0.1, -0.05) is 48.5 Å². The van der Waals surface area contributed by atoms with Crippen molar-refractivity contribution in [2.24, 2.45) is 0 Å². The van der Waals surface area contributed by atoms with Gasteiger partial charge in [0.2, 0.25) is 0 Å². The highest BCUT2D eigenvalue weighted by Gasteiger charge is 2.04. The van der Waals surface area contributed by atoms with Crippen molar-refractivity contribution in [2.75, 3.05) is 0 Å². The molecule has 17 heavy (non-hydrogen) atoms. The van der Waals surface area contributed by atoms with E-state index < -0.39 is 9.80 Å². The molecule has 0 aliphatic carbocycles. The van der Waals surface area contributed by atoms with Crippen LogP contribution in [0.15, 0.2) is 65.6 Å². The third-order valence-corrected chi connectivity index (χ3v) is 4.03. The molecule has 3 heteroatoms. The fourth-order valence-electron chi connectivity index (χ4n) is 1.53. The van der Waals surface area contributed by atoms with E-state index in [4.69, 9.17) is 0 Å². The van der Waals surface area contributed by atoms with Crippen molar-refractivity contribution in [1.82, 2.24) is 0 Å². The molecule has 0 aromatic heterocycles. The number of hydrogen-bond acceptors (Lipinski definition) is 1.